The highest BCUT2D eigenvalue weighted by molar-refractivity contribution is 5.92. The molecule has 37 heavy (non-hydrogen) atoms. The Morgan fingerprint density at radius 1 is 1.11 bits per heavy atom. The van der Waals surface area contributed by atoms with Crippen molar-refractivity contribution < 1.29 is 19.8 Å². The molecule has 6 atom stereocenters. The number of aliphatic hydroxyl groups is 2. The van der Waals surface area contributed by atoms with E-state index in [1.165, 1.54) is 48.9 Å². The number of fused-ring (bicyclic) bond motifs is 6. The summed E-state index contributed by atoms with van der Waals surface area (Å²) in [4.78, 5) is 26.6. The van der Waals surface area contributed by atoms with Gasteiger partial charge in [-0.1, -0.05) is 45.6 Å². The molecule has 6 nitrogen and oxygen atoms in total. The maximum Gasteiger partial charge on any atom is 0.190 e. The van der Waals surface area contributed by atoms with Crippen molar-refractivity contribution in [3.63, 3.8) is 0 Å². The Morgan fingerprint density at radius 3 is 2.54 bits per heavy atom. The molecule has 0 aliphatic heterocycles. The number of hydrogen-bond acceptors (Lipinski definition) is 5. The summed E-state index contributed by atoms with van der Waals surface area (Å²) in [6.07, 6.45) is 15.0. The van der Waals surface area contributed by atoms with Gasteiger partial charge in [-0.05, 0) is 80.3 Å². The molecule has 1 heterocycles. The van der Waals surface area contributed by atoms with Gasteiger partial charge in [-0.15, -0.1) is 0 Å². The Morgan fingerprint density at radius 2 is 1.84 bits per heavy atom. The molecule has 5 aliphatic carbocycles. The molecule has 0 saturated heterocycles. The maximum absolute atomic E-state index is 13.9. The second-order valence-corrected chi connectivity index (χ2v) is 13.6. The Labute approximate surface area is 220 Å². The molecule has 0 bridgehead atoms. The molecule has 0 amide bonds. The van der Waals surface area contributed by atoms with E-state index in [9.17, 15) is 19.8 Å². The van der Waals surface area contributed by atoms with E-state index in [1.807, 2.05) is 13.1 Å². The van der Waals surface area contributed by atoms with Crippen LogP contribution in [0.15, 0.2) is 11.8 Å². The van der Waals surface area contributed by atoms with E-state index in [0.29, 0.717) is 12.3 Å². The quantitative estimate of drug-likeness (QED) is 0.599. The molecule has 2 N–H and O–H groups in total. The lowest BCUT2D eigenvalue weighted by Crippen LogP contribution is -2.61. The van der Waals surface area contributed by atoms with E-state index < -0.39 is 23.4 Å². The van der Waals surface area contributed by atoms with E-state index in [1.54, 1.807) is 0 Å². The lowest BCUT2D eigenvalue weighted by atomic mass is 9.46. The van der Waals surface area contributed by atoms with Crippen molar-refractivity contribution in [1.29, 1.82) is 0 Å². The zero-order valence-electron chi connectivity index (χ0n) is 22.8. The molecule has 4 fully saturated rings. The molecule has 202 valence electrons. The molecule has 1 aromatic rings. The zero-order chi connectivity index (χ0) is 26.2. The Balaban J connectivity index is 1.26. The highest BCUT2D eigenvalue weighted by Crippen LogP contribution is 2.66. The zero-order valence-corrected chi connectivity index (χ0v) is 22.8. The van der Waals surface area contributed by atoms with Gasteiger partial charge in [0, 0.05) is 29.7 Å². The van der Waals surface area contributed by atoms with Crippen LogP contribution in [0.5, 0.6) is 0 Å². The van der Waals surface area contributed by atoms with Crippen LogP contribution >= 0.6 is 0 Å². The topological polar surface area (TPSA) is 92.4 Å². The fourth-order valence-corrected chi connectivity index (χ4v) is 9.74. The fourth-order valence-electron chi connectivity index (χ4n) is 9.74. The number of hydrogen-bond donors (Lipinski definition) is 2. The number of ketones is 2. The van der Waals surface area contributed by atoms with Gasteiger partial charge in [0.1, 0.15) is 18.0 Å². The van der Waals surface area contributed by atoms with Crippen molar-refractivity contribution >= 4 is 17.6 Å². The van der Waals surface area contributed by atoms with Crippen LogP contribution in [0.4, 0.5) is 0 Å². The third-order valence-electron chi connectivity index (χ3n) is 12.0. The number of aromatic nitrogens is 2. The molecular formula is C31H44N2O4. The first kappa shape index (κ1) is 25.5. The van der Waals surface area contributed by atoms with Crippen LogP contribution in [0.2, 0.25) is 0 Å². The predicted octanol–water partition coefficient (Wildman–Crippen LogP) is 4.75. The first-order chi connectivity index (χ1) is 17.6. The second kappa shape index (κ2) is 8.87. The molecule has 0 unspecified atom stereocenters. The highest BCUT2D eigenvalue weighted by Gasteiger charge is 2.68. The molecule has 5 aliphatic rings. The summed E-state index contributed by atoms with van der Waals surface area (Å²) in [5.74, 6) is 1.47. The fraction of sp³-hybridized carbons (Fsp3) is 0.774. The van der Waals surface area contributed by atoms with Crippen molar-refractivity contribution in [1.82, 2.24) is 9.78 Å². The Kier molecular flexibility index (Phi) is 6.11. The van der Waals surface area contributed by atoms with Gasteiger partial charge in [0.05, 0.1) is 11.9 Å². The molecule has 0 radical (unpaired) electrons. The summed E-state index contributed by atoms with van der Waals surface area (Å²) in [7, 11) is 0. The number of Topliss-reactive ketones (excluding diaryl/α,β-unsaturated/α-hetero) is 2. The first-order valence-electron chi connectivity index (χ1n) is 14.8. The highest BCUT2D eigenvalue weighted by atomic mass is 16.3. The summed E-state index contributed by atoms with van der Waals surface area (Å²) in [6, 6.07) is 0. The minimum atomic E-state index is -1.60. The van der Waals surface area contributed by atoms with Gasteiger partial charge in [0.15, 0.2) is 5.78 Å². The number of nitrogens with zero attached hydrogens (tertiary/aromatic N) is 2. The number of carbonyl (C=O) groups is 2. The van der Waals surface area contributed by atoms with Gasteiger partial charge in [0.25, 0.3) is 0 Å². The average Bonchev–Trinajstić information content (AvgIpc) is 3.39. The molecule has 6 rings (SSSR count). The van der Waals surface area contributed by atoms with Crippen LogP contribution in [-0.4, -0.2) is 43.8 Å². The summed E-state index contributed by atoms with van der Waals surface area (Å²) in [5.41, 5.74) is 1.28. The Hall–Kier alpha value is -1.79. The van der Waals surface area contributed by atoms with Crippen LogP contribution in [0, 0.1) is 40.4 Å². The number of allylic oxidation sites excluding steroid dienone is 1. The minimum Gasteiger partial charge on any atom is -0.388 e. The van der Waals surface area contributed by atoms with Crippen molar-refractivity contribution in [3.05, 3.63) is 23.0 Å². The molecule has 1 aromatic heterocycles. The summed E-state index contributed by atoms with van der Waals surface area (Å²) in [6.45, 7) is 6.85. The van der Waals surface area contributed by atoms with Gasteiger partial charge < -0.3 is 10.2 Å². The summed E-state index contributed by atoms with van der Waals surface area (Å²) < 4.78 is 2.24. The van der Waals surface area contributed by atoms with Crippen LogP contribution in [0.3, 0.4) is 0 Å². The van der Waals surface area contributed by atoms with Gasteiger partial charge in [0.2, 0.25) is 0 Å². The Bertz CT molecular complexity index is 1130. The van der Waals surface area contributed by atoms with Crippen molar-refractivity contribution in [2.45, 2.75) is 104 Å². The van der Waals surface area contributed by atoms with E-state index in [2.05, 4.69) is 24.6 Å². The van der Waals surface area contributed by atoms with E-state index >= 15 is 0 Å². The molecule has 6 heteroatoms. The smallest absolute Gasteiger partial charge is 0.190 e. The van der Waals surface area contributed by atoms with Crippen molar-refractivity contribution in [3.8, 4) is 0 Å². The predicted molar refractivity (Wildman–Crippen MR) is 141 cm³/mol. The van der Waals surface area contributed by atoms with Gasteiger partial charge in [-0.3, -0.25) is 14.3 Å². The maximum atomic E-state index is 13.9. The third-order valence-corrected chi connectivity index (χ3v) is 12.0. The minimum absolute atomic E-state index is 0.0852. The van der Waals surface area contributed by atoms with E-state index in [0.717, 1.165) is 38.1 Å². The van der Waals surface area contributed by atoms with E-state index in [4.69, 9.17) is 5.10 Å². The average molecular weight is 509 g/mol. The molecule has 0 aromatic carbocycles. The van der Waals surface area contributed by atoms with Crippen LogP contribution in [-0.2, 0) is 22.6 Å². The van der Waals surface area contributed by atoms with E-state index in [-0.39, 0.29) is 35.4 Å². The summed E-state index contributed by atoms with van der Waals surface area (Å²) >= 11 is 0. The second-order valence-electron chi connectivity index (χ2n) is 13.6. The van der Waals surface area contributed by atoms with Crippen molar-refractivity contribution in [2.75, 3.05) is 6.61 Å². The monoisotopic (exact) mass is 508 g/mol. The van der Waals surface area contributed by atoms with Gasteiger partial charge in [-0.25, -0.2) is 0 Å². The lowest BCUT2D eigenvalue weighted by Gasteiger charge is -2.57. The van der Waals surface area contributed by atoms with Gasteiger partial charge in [-0.2, -0.15) is 5.10 Å². The molecule has 4 saturated carbocycles. The van der Waals surface area contributed by atoms with Crippen LogP contribution < -0.4 is 0 Å². The summed E-state index contributed by atoms with van der Waals surface area (Å²) in [5, 5.41) is 25.8. The lowest BCUT2D eigenvalue weighted by molar-refractivity contribution is -0.169. The molecule has 0 spiro atoms. The van der Waals surface area contributed by atoms with Crippen molar-refractivity contribution in [2.24, 2.45) is 40.4 Å². The third kappa shape index (κ3) is 3.61. The standard InChI is InChI=1S/C31H44N2O4/c1-4-19-5-7-20(8-6-19)17-33-25-13-22-9-10-23-24-11-12-31(37,27(36)18-34)30(24,3)15-26(35)28(23)29(22,2)14-21(25)16-32-33/h13,16,19-20,23-24,28,34,37H,4-12,14-15,17-18H2,1-3H3/t19?,20?,23-,24-,28+,29-,30-,31-/m0/s1. The number of rotatable bonds is 5. The van der Waals surface area contributed by atoms with Crippen LogP contribution in [0.1, 0.15) is 96.2 Å². The SMILES string of the molecule is CCC1CCC(Cn2ncc3c2C=C2CC[C@@H]4[C@H](C(=O)C[C@@]5(C)[C@H]4CC[C@]5(O)C(=O)CO)[C@@]2(C)C3)CC1. The van der Waals surface area contributed by atoms with Gasteiger partial charge >= 0.3 is 0 Å². The first-order valence-corrected chi connectivity index (χ1v) is 14.8. The number of aliphatic hydroxyl groups excluding tert-OH is 1. The van der Waals surface area contributed by atoms with Crippen LogP contribution in [0.25, 0.3) is 6.08 Å². The normalized spacial score (nSPS) is 42.9. The largest absolute Gasteiger partial charge is 0.388 e. The number of carbonyl (C=O) groups excluding carboxylic acids is 2. The molecular weight excluding hydrogens is 464 g/mol.